The second-order valence-corrected chi connectivity index (χ2v) is 5.87. The number of ether oxygens (including phenoxy) is 1. The van der Waals surface area contributed by atoms with Gasteiger partial charge < -0.3 is 15.4 Å². The molecule has 0 saturated carbocycles. The van der Waals surface area contributed by atoms with E-state index in [1.165, 1.54) is 23.4 Å². The van der Waals surface area contributed by atoms with Crippen LogP contribution in [0.4, 0.5) is 0 Å². The number of rotatable bonds is 11. The third kappa shape index (κ3) is 6.51. The van der Waals surface area contributed by atoms with Crippen LogP contribution in [0, 0.1) is 0 Å². The van der Waals surface area contributed by atoms with Crippen molar-refractivity contribution in [2.75, 3.05) is 26.8 Å². The lowest BCUT2D eigenvalue weighted by Gasteiger charge is -2.13. The predicted octanol–water partition coefficient (Wildman–Crippen LogP) is 2.42. The summed E-state index contributed by atoms with van der Waals surface area (Å²) in [5.41, 5.74) is 3.76. The van der Waals surface area contributed by atoms with Crippen molar-refractivity contribution in [3.05, 3.63) is 17.0 Å². The van der Waals surface area contributed by atoms with Crippen LogP contribution in [0.1, 0.15) is 57.0 Å². The normalized spacial score (nSPS) is 11.8. The van der Waals surface area contributed by atoms with Crippen LogP contribution in [-0.4, -0.2) is 42.5 Å². The molecule has 0 aliphatic carbocycles. The molecule has 0 aliphatic rings. The van der Waals surface area contributed by atoms with Gasteiger partial charge in [0, 0.05) is 51.7 Å². The van der Waals surface area contributed by atoms with Crippen molar-refractivity contribution in [1.29, 1.82) is 0 Å². The van der Waals surface area contributed by atoms with Gasteiger partial charge in [-0.3, -0.25) is 9.67 Å². The number of aryl methyl sites for hydroxylation is 2. The van der Waals surface area contributed by atoms with Crippen molar-refractivity contribution in [3.8, 4) is 0 Å². The van der Waals surface area contributed by atoms with E-state index < -0.39 is 0 Å². The fraction of sp³-hybridized carbons (Fsp3) is 0.778. The molecule has 0 amide bonds. The molecule has 0 aliphatic heterocycles. The Kier molecular flexibility index (Phi) is 10.2. The molecule has 0 fully saturated rings. The number of aliphatic imine (C=N–C) groups is 1. The number of aromatic nitrogens is 2. The molecule has 0 radical (unpaired) electrons. The molecule has 1 aromatic rings. The first-order valence-corrected chi connectivity index (χ1v) is 9.23. The SMILES string of the molecule is CCCCOCCCNC(=NC)NCc1c(CC)nn(C)c1CC. The van der Waals surface area contributed by atoms with Gasteiger partial charge in [-0.2, -0.15) is 5.10 Å². The molecule has 138 valence electrons. The summed E-state index contributed by atoms with van der Waals surface area (Å²) in [6.45, 7) is 9.78. The largest absolute Gasteiger partial charge is 0.381 e. The number of guanidine groups is 1. The molecule has 24 heavy (non-hydrogen) atoms. The summed E-state index contributed by atoms with van der Waals surface area (Å²) in [6, 6.07) is 0. The lowest BCUT2D eigenvalue weighted by Crippen LogP contribution is -2.37. The van der Waals surface area contributed by atoms with Crippen LogP contribution in [0.3, 0.4) is 0 Å². The maximum absolute atomic E-state index is 5.57. The third-order valence-electron chi connectivity index (χ3n) is 4.08. The van der Waals surface area contributed by atoms with Crippen molar-refractivity contribution in [2.45, 2.75) is 59.4 Å². The molecule has 0 aromatic carbocycles. The first-order valence-electron chi connectivity index (χ1n) is 9.23. The smallest absolute Gasteiger partial charge is 0.191 e. The molecule has 0 atom stereocenters. The summed E-state index contributed by atoms with van der Waals surface area (Å²) in [4.78, 5) is 4.29. The van der Waals surface area contributed by atoms with Gasteiger partial charge in [0.15, 0.2) is 5.96 Å². The van der Waals surface area contributed by atoms with Crippen LogP contribution in [0.2, 0.25) is 0 Å². The Morgan fingerprint density at radius 1 is 1.12 bits per heavy atom. The fourth-order valence-electron chi connectivity index (χ4n) is 2.72. The molecule has 0 bridgehead atoms. The zero-order valence-electron chi connectivity index (χ0n) is 16.1. The number of hydrogen-bond donors (Lipinski definition) is 2. The molecule has 6 nitrogen and oxygen atoms in total. The van der Waals surface area contributed by atoms with Crippen LogP contribution < -0.4 is 10.6 Å². The summed E-state index contributed by atoms with van der Waals surface area (Å²) in [7, 11) is 3.82. The highest BCUT2D eigenvalue weighted by Gasteiger charge is 2.13. The van der Waals surface area contributed by atoms with Gasteiger partial charge in [0.1, 0.15) is 0 Å². The van der Waals surface area contributed by atoms with Crippen molar-refractivity contribution < 1.29 is 4.74 Å². The van der Waals surface area contributed by atoms with Gasteiger partial charge in [0.2, 0.25) is 0 Å². The minimum atomic E-state index is 0.757. The van der Waals surface area contributed by atoms with E-state index in [1.807, 2.05) is 11.7 Å². The van der Waals surface area contributed by atoms with Crippen LogP contribution in [0.5, 0.6) is 0 Å². The second kappa shape index (κ2) is 11.9. The van der Waals surface area contributed by atoms with Gasteiger partial charge in [-0.15, -0.1) is 0 Å². The number of unbranched alkanes of at least 4 members (excludes halogenated alkanes) is 1. The number of hydrogen-bond acceptors (Lipinski definition) is 3. The molecule has 2 N–H and O–H groups in total. The van der Waals surface area contributed by atoms with Crippen molar-refractivity contribution in [2.24, 2.45) is 12.0 Å². The van der Waals surface area contributed by atoms with Gasteiger partial charge in [-0.25, -0.2) is 0 Å². The molecule has 6 heteroatoms. The number of nitrogens with zero attached hydrogens (tertiary/aromatic N) is 3. The zero-order chi connectivity index (χ0) is 17.8. The van der Waals surface area contributed by atoms with E-state index in [4.69, 9.17) is 4.74 Å². The number of nitrogens with one attached hydrogen (secondary N) is 2. The van der Waals surface area contributed by atoms with E-state index in [2.05, 4.69) is 41.5 Å². The highest BCUT2D eigenvalue weighted by Crippen LogP contribution is 2.15. The maximum atomic E-state index is 5.57. The van der Waals surface area contributed by atoms with E-state index in [0.717, 1.165) is 57.9 Å². The van der Waals surface area contributed by atoms with Gasteiger partial charge in [0.25, 0.3) is 0 Å². The minimum absolute atomic E-state index is 0.757. The highest BCUT2D eigenvalue weighted by atomic mass is 16.5. The molecular formula is C18H35N5O. The van der Waals surface area contributed by atoms with E-state index >= 15 is 0 Å². The molecule has 1 heterocycles. The summed E-state index contributed by atoms with van der Waals surface area (Å²) >= 11 is 0. The first kappa shape index (κ1) is 20.5. The van der Waals surface area contributed by atoms with Crippen molar-refractivity contribution in [1.82, 2.24) is 20.4 Å². The fourth-order valence-corrected chi connectivity index (χ4v) is 2.72. The van der Waals surface area contributed by atoms with Gasteiger partial charge in [0.05, 0.1) is 5.69 Å². The van der Waals surface area contributed by atoms with E-state index in [0.29, 0.717) is 0 Å². The Morgan fingerprint density at radius 2 is 1.88 bits per heavy atom. The van der Waals surface area contributed by atoms with Gasteiger partial charge in [-0.05, 0) is 25.7 Å². The van der Waals surface area contributed by atoms with Gasteiger partial charge in [-0.1, -0.05) is 27.2 Å². The minimum Gasteiger partial charge on any atom is -0.381 e. The maximum Gasteiger partial charge on any atom is 0.191 e. The van der Waals surface area contributed by atoms with Crippen molar-refractivity contribution in [3.63, 3.8) is 0 Å². The molecule has 1 aromatic heterocycles. The Bertz CT molecular complexity index is 496. The quantitative estimate of drug-likeness (QED) is 0.370. The van der Waals surface area contributed by atoms with Gasteiger partial charge >= 0.3 is 0 Å². The Balaban J connectivity index is 2.39. The molecule has 1 rings (SSSR count). The molecule has 0 unspecified atom stereocenters. The van der Waals surface area contributed by atoms with Crippen molar-refractivity contribution >= 4 is 5.96 Å². The lowest BCUT2D eigenvalue weighted by molar-refractivity contribution is 0.129. The third-order valence-corrected chi connectivity index (χ3v) is 4.08. The molecular weight excluding hydrogens is 302 g/mol. The van der Waals surface area contributed by atoms with Crippen LogP contribution >= 0.6 is 0 Å². The highest BCUT2D eigenvalue weighted by molar-refractivity contribution is 5.79. The molecule has 0 spiro atoms. The summed E-state index contributed by atoms with van der Waals surface area (Å²) in [5.74, 6) is 0.830. The Labute approximate surface area is 147 Å². The standard InChI is InChI=1S/C18H35N5O/c1-6-9-12-24-13-10-11-20-18(19-4)21-14-15-16(7-2)22-23(5)17(15)8-3/h6-14H2,1-5H3,(H2,19,20,21). The Hall–Kier alpha value is -1.56. The second-order valence-electron chi connectivity index (χ2n) is 5.87. The van der Waals surface area contributed by atoms with E-state index in [9.17, 15) is 0 Å². The first-order chi connectivity index (χ1) is 11.7. The zero-order valence-corrected chi connectivity index (χ0v) is 16.1. The Morgan fingerprint density at radius 3 is 2.50 bits per heavy atom. The van der Waals surface area contributed by atoms with E-state index in [-0.39, 0.29) is 0 Å². The van der Waals surface area contributed by atoms with Crippen LogP contribution in [0.25, 0.3) is 0 Å². The average Bonchev–Trinajstić information content (AvgIpc) is 2.91. The topological polar surface area (TPSA) is 63.5 Å². The van der Waals surface area contributed by atoms with E-state index in [1.54, 1.807) is 7.05 Å². The summed E-state index contributed by atoms with van der Waals surface area (Å²) in [5, 5.41) is 11.4. The molecule has 0 saturated heterocycles. The monoisotopic (exact) mass is 337 g/mol. The lowest BCUT2D eigenvalue weighted by atomic mass is 10.1. The summed E-state index contributed by atoms with van der Waals surface area (Å²) < 4.78 is 7.57. The van der Waals surface area contributed by atoms with Crippen LogP contribution in [0.15, 0.2) is 4.99 Å². The summed E-state index contributed by atoms with van der Waals surface area (Å²) in [6.07, 6.45) is 5.25. The average molecular weight is 338 g/mol. The predicted molar refractivity (Wildman–Crippen MR) is 101 cm³/mol. The van der Waals surface area contributed by atoms with Crippen LogP contribution in [-0.2, 0) is 31.2 Å².